The number of carbonyl (C=O) groups is 2. The molecule has 2 N–H and O–H groups in total. The number of hydrogen-bond donors (Lipinski definition) is 2. The van der Waals surface area contributed by atoms with E-state index in [9.17, 15) is 9.59 Å². The Bertz CT molecular complexity index is 1650. The van der Waals surface area contributed by atoms with Gasteiger partial charge in [-0.3, -0.25) is 9.59 Å². The molecule has 0 radical (unpaired) electrons. The average Bonchev–Trinajstić information content (AvgIpc) is 3.06. The minimum absolute atomic E-state index is 0.0696. The van der Waals surface area contributed by atoms with Gasteiger partial charge in [0.05, 0.1) is 39.6 Å². The zero-order valence-electron chi connectivity index (χ0n) is 25.1. The number of carbonyl (C=O) groups excluding carboxylic acids is 2. The Morgan fingerprint density at radius 2 is 0.778 bits per heavy atom. The van der Waals surface area contributed by atoms with E-state index in [1.54, 1.807) is 0 Å². The Balaban J connectivity index is 1.34. The van der Waals surface area contributed by atoms with E-state index in [0.29, 0.717) is 63.9 Å². The monoisotopic (exact) mass is 600 g/mol. The van der Waals surface area contributed by atoms with Crippen LogP contribution in [0.25, 0.3) is 0 Å². The smallest absolute Gasteiger partial charge is 0.251 e. The van der Waals surface area contributed by atoms with E-state index in [0.717, 1.165) is 11.1 Å². The van der Waals surface area contributed by atoms with Gasteiger partial charge in [0, 0.05) is 47.9 Å². The first-order valence-corrected chi connectivity index (χ1v) is 16.0. The highest BCUT2D eigenvalue weighted by Gasteiger charge is 2.51. The van der Waals surface area contributed by atoms with Crippen molar-refractivity contribution in [2.45, 2.75) is 23.7 Å². The Kier molecular flexibility index (Phi) is 7.45. The fraction of sp³-hybridized carbons (Fsp3) is 0.316. The second-order valence-corrected chi connectivity index (χ2v) is 12.1. The van der Waals surface area contributed by atoms with Gasteiger partial charge in [-0.2, -0.15) is 0 Å². The molecule has 228 valence electrons. The summed E-state index contributed by atoms with van der Waals surface area (Å²) in [5, 5.41) is 6.25. The highest BCUT2D eigenvalue weighted by molar-refractivity contribution is 5.98. The second-order valence-electron chi connectivity index (χ2n) is 12.1. The molecule has 11 rings (SSSR count). The van der Waals surface area contributed by atoms with Gasteiger partial charge in [-0.05, 0) is 56.6 Å². The third-order valence-electron chi connectivity index (χ3n) is 9.87. The lowest BCUT2D eigenvalue weighted by atomic mass is 9.52. The van der Waals surface area contributed by atoms with Crippen molar-refractivity contribution in [2.24, 2.45) is 0 Å². The Morgan fingerprint density at radius 3 is 1.20 bits per heavy atom. The van der Waals surface area contributed by atoms with Gasteiger partial charge in [-0.15, -0.1) is 0 Å². The van der Waals surface area contributed by atoms with Gasteiger partial charge in [0.1, 0.15) is 0 Å². The molecule has 1 aliphatic heterocycles. The summed E-state index contributed by atoms with van der Waals surface area (Å²) in [6.45, 7) is 3.41. The zero-order chi connectivity index (χ0) is 30.3. The highest BCUT2D eigenvalue weighted by atomic mass is 16.5. The summed E-state index contributed by atoms with van der Waals surface area (Å²) in [5.41, 5.74) is 11.0. The van der Waals surface area contributed by atoms with Crippen molar-refractivity contribution in [1.29, 1.82) is 0 Å². The van der Waals surface area contributed by atoms with E-state index in [4.69, 9.17) is 14.2 Å². The first-order chi connectivity index (χ1) is 22.2. The highest BCUT2D eigenvalue weighted by Crippen LogP contribution is 2.64. The van der Waals surface area contributed by atoms with Crippen LogP contribution in [0.5, 0.6) is 0 Å². The van der Waals surface area contributed by atoms with E-state index in [-0.39, 0.29) is 35.5 Å². The maximum atomic E-state index is 13.9. The van der Waals surface area contributed by atoms with Crippen molar-refractivity contribution in [3.05, 3.63) is 141 Å². The summed E-state index contributed by atoms with van der Waals surface area (Å²) in [6.07, 6.45) is 0. The Labute approximate surface area is 262 Å². The molecule has 0 unspecified atom stereocenters. The molecule has 8 bridgehead atoms. The molecule has 0 saturated carbocycles. The lowest BCUT2D eigenvalue weighted by Gasteiger charge is -2.50. The van der Waals surface area contributed by atoms with Crippen molar-refractivity contribution >= 4 is 11.8 Å². The molecule has 4 aromatic carbocycles. The Hall–Kier alpha value is -4.30. The van der Waals surface area contributed by atoms with E-state index in [1.807, 2.05) is 24.3 Å². The zero-order valence-corrected chi connectivity index (χ0v) is 25.1. The van der Waals surface area contributed by atoms with Gasteiger partial charge in [-0.25, -0.2) is 0 Å². The van der Waals surface area contributed by atoms with Crippen molar-refractivity contribution < 1.29 is 23.8 Å². The van der Waals surface area contributed by atoms with Crippen LogP contribution in [0.2, 0.25) is 0 Å². The van der Waals surface area contributed by atoms with E-state index in [1.165, 1.54) is 33.4 Å². The molecule has 4 atom stereocenters. The van der Waals surface area contributed by atoms with Gasteiger partial charge in [0.2, 0.25) is 0 Å². The van der Waals surface area contributed by atoms with Crippen molar-refractivity contribution in [3.8, 4) is 0 Å². The molecular weight excluding hydrogens is 564 g/mol. The molecular formula is C38H36N2O5. The second kappa shape index (κ2) is 11.9. The molecule has 7 heteroatoms. The van der Waals surface area contributed by atoms with Crippen LogP contribution in [0.1, 0.15) is 88.9 Å². The number of amides is 2. The summed E-state index contributed by atoms with van der Waals surface area (Å²) in [4.78, 5) is 27.9. The molecule has 1 heterocycles. The predicted molar refractivity (Wildman–Crippen MR) is 170 cm³/mol. The minimum Gasteiger partial charge on any atom is -0.377 e. The molecule has 0 spiro atoms. The van der Waals surface area contributed by atoms with Gasteiger partial charge in [0.25, 0.3) is 11.8 Å². The fourth-order valence-electron chi connectivity index (χ4n) is 8.22. The molecule has 2 amide bonds. The largest absolute Gasteiger partial charge is 0.377 e. The summed E-state index contributed by atoms with van der Waals surface area (Å²) in [7, 11) is 0. The molecule has 45 heavy (non-hydrogen) atoms. The molecule has 6 aliphatic carbocycles. The van der Waals surface area contributed by atoms with E-state index < -0.39 is 0 Å². The van der Waals surface area contributed by atoms with Crippen LogP contribution in [-0.4, -0.2) is 64.5 Å². The number of nitrogens with one attached hydrogen (secondary N) is 2. The maximum Gasteiger partial charge on any atom is 0.251 e. The summed E-state index contributed by atoms with van der Waals surface area (Å²) in [6, 6.07) is 29.8. The lowest BCUT2D eigenvalue weighted by molar-refractivity contribution is 0.0157. The van der Waals surface area contributed by atoms with Gasteiger partial charge in [0.15, 0.2) is 0 Å². The number of ether oxygens (including phenoxy) is 3. The average molecular weight is 601 g/mol. The quantitative estimate of drug-likeness (QED) is 0.294. The predicted octanol–water partition coefficient (Wildman–Crippen LogP) is 5.08. The van der Waals surface area contributed by atoms with Gasteiger partial charge < -0.3 is 24.8 Å². The van der Waals surface area contributed by atoms with Crippen LogP contribution in [-0.2, 0) is 14.2 Å². The Morgan fingerprint density at radius 1 is 0.422 bits per heavy atom. The molecule has 7 aliphatic rings. The van der Waals surface area contributed by atoms with Crippen LogP contribution < -0.4 is 10.6 Å². The van der Waals surface area contributed by atoms with Gasteiger partial charge >= 0.3 is 0 Å². The topological polar surface area (TPSA) is 85.9 Å². The molecule has 0 fully saturated rings. The van der Waals surface area contributed by atoms with Crippen molar-refractivity contribution in [1.82, 2.24) is 10.6 Å². The molecule has 0 aromatic heterocycles. The van der Waals surface area contributed by atoms with Crippen LogP contribution in [0.3, 0.4) is 0 Å². The van der Waals surface area contributed by atoms with Gasteiger partial charge in [-0.1, -0.05) is 72.8 Å². The fourth-order valence-corrected chi connectivity index (χ4v) is 8.22. The standard InChI is InChI=1S/C38H36N2O5/c41-37-29-13-5-11-27-31-23-7-1-3-9-25(23)35(33(27)29)32-24-8-2-4-10-26(24)36(31)34-28(32)12-6-14-30(34)38(42)40-16-18-44-20-22-45-21-19-43-17-15-39-37/h1-14,31-32,35-36H,15-22H2,(H,39,41)(H,40,42)/t31-,32-,35-,36-/m0/s1. The minimum atomic E-state index is -0.103. The number of hydrogen-bond acceptors (Lipinski definition) is 5. The first kappa shape index (κ1) is 28.2. The van der Waals surface area contributed by atoms with Crippen molar-refractivity contribution in [3.63, 3.8) is 0 Å². The summed E-state index contributed by atoms with van der Waals surface area (Å²) < 4.78 is 17.0. The molecule has 7 nitrogen and oxygen atoms in total. The third kappa shape index (κ3) is 4.69. The molecule has 4 aromatic rings. The normalized spacial score (nSPS) is 24.4. The molecule has 0 saturated heterocycles. The number of benzene rings is 4. The SMILES string of the molecule is O=C1NCCOCCOCCOCCNC(=O)c2cccc3c2[C@H]2c4ccccc4[C@@H]3[C@@H]3c4ccccc4[C@H]2c2cccc1c23. The van der Waals surface area contributed by atoms with Crippen LogP contribution in [0, 0.1) is 0 Å². The van der Waals surface area contributed by atoms with Crippen LogP contribution in [0.15, 0.2) is 84.9 Å². The summed E-state index contributed by atoms with van der Waals surface area (Å²) >= 11 is 0. The van der Waals surface area contributed by atoms with Crippen LogP contribution in [0.4, 0.5) is 0 Å². The maximum absolute atomic E-state index is 13.9. The van der Waals surface area contributed by atoms with E-state index >= 15 is 0 Å². The first-order valence-electron chi connectivity index (χ1n) is 16.0. The van der Waals surface area contributed by atoms with Crippen molar-refractivity contribution in [2.75, 3.05) is 52.7 Å². The lowest BCUT2D eigenvalue weighted by Crippen LogP contribution is -2.39. The van der Waals surface area contributed by atoms with E-state index in [2.05, 4.69) is 71.3 Å². The third-order valence-corrected chi connectivity index (χ3v) is 9.87. The van der Waals surface area contributed by atoms with Crippen LogP contribution >= 0.6 is 0 Å². The summed E-state index contributed by atoms with van der Waals surface area (Å²) in [5.74, 6) is -0.527. The number of rotatable bonds is 0.